The molecule has 24 heavy (non-hydrogen) atoms. The Morgan fingerprint density at radius 3 is 3.00 bits per heavy atom. The second-order valence-electron chi connectivity index (χ2n) is 5.07. The number of hydrogen-bond acceptors (Lipinski definition) is 8. The Morgan fingerprint density at radius 1 is 1.54 bits per heavy atom. The number of phosphoric ester groups is 1. The van der Waals surface area contributed by atoms with Crippen LogP contribution in [0.4, 0.5) is 5.82 Å². The van der Waals surface area contributed by atoms with E-state index < -0.39 is 25.2 Å². The molecule has 0 radical (unpaired) electrons. The van der Waals surface area contributed by atoms with Crippen molar-refractivity contribution in [2.75, 3.05) is 30.8 Å². The standard InChI is InChI=1S/C12H21N4O6PS/c13-4-1-2-5-14-9-3-6-16(12(17)15-9)10-8-24-11(22-10)7-21-23(18,19)20/h3,6,10-11H,1-2,4-5,7-8,13H2,(H,14,15,17)(H2,18,19,20)/t10-,11+/m0/s1. The van der Waals surface area contributed by atoms with Crippen LogP contribution in [-0.4, -0.2) is 50.2 Å². The first kappa shape index (κ1) is 19.4. The third kappa shape index (κ3) is 6.17. The molecule has 2 heterocycles. The summed E-state index contributed by atoms with van der Waals surface area (Å²) in [6.07, 6.45) is 2.82. The van der Waals surface area contributed by atoms with Crippen LogP contribution in [0.2, 0.25) is 0 Å². The molecular formula is C12H21N4O6PS. The number of anilines is 1. The van der Waals surface area contributed by atoms with Crippen molar-refractivity contribution in [1.29, 1.82) is 0 Å². The molecule has 0 bridgehead atoms. The molecule has 0 aliphatic carbocycles. The lowest BCUT2D eigenvalue weighted by molar-refractivity contribution is -0.00645. The largest absolute Gasteiger partial charge is 0.469 e. The van der Waals surface area contributed by atoms with Gasteiger partial charge in [0.15, 0.2) is 0 Å². The van der Waals surface area contributed by atoms with Crippen molar-refractivity contribution in [2.45, 2.75) is 24.5 Å². The van der Waals surface area contributed by atoms with Gasteiger partial charge in [-0.3, -0.25) is 9.09 Å². The van der Waals surface area contributed by atoms with Gasteiger partial charge in [-0.15, -0.1) is 11.8 Å². The van der Waals surface area contributed by atoms with Crippen LogP contribution >= 0.6 is 19.6 Å². The van der Waals surface area contributed by atoms with E-state index in [4.69, 9.17) is 20.3 Å². The number of hydrogen-bond donors (Lipinski definition) is 4. The highest BCUT2D eigenvalue weighted by Gasteiger charge is 2.30. The van der Waals surface area contributed by atoms with Gasteiger partial charge in [0.2, 0.25) is 0 Å². The third-order valence-electron chi connectivity index (χ3n) is 3.19. The molecule has 0 saturated carbocycles. The van der Waals surface area contributed by atoms with Crippen LogP contribution in [0, 0.1) is 0 Å². The monoisotopic (exact) mass is 380 g/mol. The summed E-state index contributed by atoms with van der Waals surface area (Å²) in [7, 11) is -4.53. The summed E-state index contributed by atoms with van der Waals surface area (Å²) in [6.45, 7) is 1.06. The van der Waals surface area contributed by atoms with Crippen molar-refractivity contribution >= 4 is 25.4 Å². The van der Waals surface area contributed by atoms with Gasteiger partial charge in [-0.2, -0.15) is 4.98 Å². The van der Waals surface area contributed by atoms with Gasteiger partial charge in [0, 0.05) is 18.5 Å². The second kappa shape index (κ2) is 8.95. The van der Waals surface area contributed by atoms with Crippen LogP contribution in [0.15, 0.2) is 17.1 Å². The van der Waals surface area contributed by atoms with Crippen LogP contribution in [0.3, 0.4) is 0 Å². The summed E-state index contributed by atoms with van der Waals surface area (Å²) in [5.74, 6) is 0.945. The highest BCUT2D eigenvalue weighted by molar-refractivity contribution is 8.00. The first-order chi connectivity index (χ1) is 11.4. The minimum atomic E-state index is -4.53. The average Bonchev–Trinajstić information content (AvgIpc) is 2.98. The molecule has 1 saturated heterocycles. The van der Waals surface area contributed by atoms with E-state index in [2.05, 4.69) is 14.8 Å². The fraction of sp³-hybridized carbons (Fsp3) is 0.667. The first-order valence-electron chi connectivity index (χ1n) is 7.39. The molecule has 10 nitrogen and oxygen atoms in total. The minimum absolute atomic E-state index is 0.256. The Hall–Kier alpha value is -0.940. The number of nitrogens with zero attached hydrogens (tertiary/aromatic N) is 2. The van der Waals surface area contributed by atoms with E-state index in [9.17, 15) is 9.36 Å². The van der Waals surface area contributed by atoms with Crippen molar-refractivity contribution in [1.82, 2.24) is 9.55 Å². The van der Waals surface area contributed by atoms with Gasteiger partial charge in [0.1, 0.15) is 17.5 Å². The summed E-state index contributed by atoms with van der Waals surface area (Å²) < 4.78 is 22.0. The maximum atomic E-state index is 12.1. The Bertz CT molecular complexity index is 638. The minimum Gasteiger partial charge on any atom is -0.370 e. The number of aromatic nitrogens is 2. The summed E-state index contributed by atoms with van der Waals surface area (Å²) >= 11 is 1.31. The van der Waals surface area contributed by atoms with Gasteiger partial charge in [-0.1, -0.05) is 0 Å². The fourth-order valence-electron chi connectivity index (χ4n) is 2.05. The quantitative estimate of drug-likeness (QED) is 0.343. The van der Waals surface area contributed by atoms with E-state index in [1.807, 2.05) is 0 Å². The number of ether oxygens (including phenoxy) is 1. The Kier molecular flexibility index (Phi) is 7.23. The molecule has 0 aromatic carbocycles. The lowest BCUT2D eigenvalue weighted by Gasteiger charge is -2.15. The van der Waals surface area contributed by atoms with Crippen molar-refractivity contribution in [3.8, 4) is 0 Å². The van der Waals surface area contributed by atoms with E-state index in [0.29, 0.717) is 24.7 Å². The Labute approximate surface area is 143 Å². The number of rotatable bonds is 9. The number of thioether (sulfide) groups is 1. The van der Waals surface area contributed by atoms with Crippen LogP contribution < -0.4 is 16.7 Å². The predicted octanol–water partition coefficient (Wildman–Crippen LogP) is 0.0915. The summed E-state index contributed by atoms with van der Waals surface area (Å²) in [5.41, 5.74) is 4.40. The molecule has 0 spiro atoms. The number of nitrogens with one attached hydrogen (secondary N) is 1. The molecule has 136 valence electrons. The smallest absolute Gasteiger partial charge is 0.370 e. The van der Waals surface area contributed by atoms with Crippen LogP contribution in [0.5, 0.6) is 0 Å². The Morgan fingerprint density at radius 2 is 2.33 bits per heavy atom. The molecule has 2 atom stereocenters. The molecular weight excluding hydrogens is 359 g/mol. The van der Waals surface area contributed by atoms with Crippen molar-refractivity contribution in [2.24, 2.45) is 5.73 Å². The molecule has 2 rings (SSSR count). The third-order valence-corrected chi connectivity index (χ3v) is 4.77. The molecule has 12 heteroatoms. The van der Waals surface area contributed by atoms with Gasteiger partial charge in [0.25, 0.3) is 0 Å². The predicted molar refractivity (Wildman–Crippen MR) is 89.6 cm³/mol. The van der Waals surface area contributed by atoms with Gasteiger partial charge in [-0.25, -0.2) is 9.36 Å². The van der Waals surface area contributed by atoms with Gasteiger partial charge >= 0.3 is 13.5 Å². The number of unbranched alkanes of at least 4 members (excludes halogenated alkanes) is 1. The normalized spacial score (nSPS) is 21.1. The zero-order chi connectivity index (χ0) is 17.6. The highest BCUT2D eigenvalue weighted by Crippen LogP contribution is 2.39. The first-order valence-corrected chi connectivity index (χ1v) is 9.97. The Balaban J connectivity index is 1.88. The topological polar surface area (TPSA) is 149 Å². The molecule has 1 aliphatic rings. The average molecular weight is 380 g/mol. The molecule has 0 unspecified atom stereocenters. The van der Waals surface area contributed by atoms with Crippen molar-refractivity contribution < 1.29 is 23.6 Å². The molecule has 1 aliphatic heterocycles. The summed E-state index contributed by atoms with van der Waals surface area (Å²) in [5, 5.41) is 3.05. The molecule has 1 fully saturated rings. The highest BCUT2D eigenvalue weighted by atomic mass is 32.2. The molecule has 5 N–H and O–H groups in total. The van der Waals surface area contributed by atoms with Crippen LogP contribution in [-0.2, 0) is 13.8 Å². The van der Waals surface area contributed by atoms with Gasteiger partial charge in [0.05, 0.1) is 6.61 Å². The van der Waals surface area contributed by atoms with E-state index in [0.717, 1.165) is 12.8 Å². The second-order valence-corrected chi connectivity index (χ2v) is 7.50. The van der Waals surface area contributed by atoms with Crippen LogP contribution in [0.25, 0.3) is 0 Å². The lowest BCUT2D eigenvalue weighted by atomic mass is 10.3. The number of phosphoric acid groups is 1. The fourth-order valence-corrected chi connectivity index (χ4v) is 3.47. The van der Waals surface area contributed by atoms with Gasteiger partial charge < -0.3 is 25.6 Å². The molecule has 1 aromatic rings. The van der Waals surface area contributed by atoms with E-state index in [1.54, 1.807) is 12.3 Å². The van der Waals surface area contributed by atoms with Gasteiger partial charge in [-0.05, 0) is 25.5 Å². The summed E-state index contributed by atoms with van der Waals surface area (Å²) in [4.78, 5) is 33.4. The molecule has 1 aromatic heterocycles. The number of nitrogens with two attached hydrogens (primary N) is 1. The van der Waals surface area contributed by atoms with Crippen molar-refractivity contribution in [3.63, 3.8) is 0 Å². The lowest BCUT2D eigenvalue weighted by Crippen LogP contribution is -2.29. The van der Waals surface area contributed by atoms with E-state index in [1.165, 1.54) is 16.3 Å². The zero-order valence-electron chi connectivity index (χ0n) is 12.9. The summed E-state index contributed by atoms with van der Waals surface area (Å²) in [6, 6.07) is 1.68. The van der Waals surface area contributed by atoms with E-state index in [-0.39, 0.29) is 6.61 Å². The van der Waals surface area contributed by atoms with Crippen LogP contribution in [0.1, 0.15) is 19.1 Å². The molecule has 0 amide bonds. The maximum Gasteiger partial charge on any atom is 0.469 e. The maximum absolute atomic E-state index is 12.1. The SMILES string of the molecule is NCCCCNc1ccn([C@@H]2CS[C@H](COP(=O)(O)O)O2)c(=O)n1. The van der Waals surface area contributed by atoms with Crippen molar-refractivity contribution in [3.05, 3.63) is 22.7 Å². The zero-order valence-corrected chi connectivity index (χ0v) is 14.6. The van der Waals surface area contributed by atoms with E-state index >= 15 is 0 Å².